The first kappa shape index (κ1) is 19.0. The van der Waals surface area contributed by atoms with Crippen molar-refractivity contribution >= 4 is 11.9 Å². The van der Waals surface area contributed by atoms with Gasteiger partial charge in [-0.2, -0.15) is 0 Å². The van der Waals surface area contributed by atoms with Crippen LogP contribution in [-0.4, -0.2) is 67.7 Å². The summed E-state index contributed by atoms with van der Waals surface area (Å²) in [6.45, 7) is 5.66. The van der Waals surface area contributed by atoms with Gasteiger partial charge in [-0.15, -0.1) is 0 Å². The third-order valence-electron chi connectivity index (χ3n) is 7.46. The second kappa shape index (κ2) is 8.38. The summed E-state index contributed by atoms with van der Waals surface area (Å²) in [5, 5.41) is 3.19. The van der Waals surface area contributed by atoms with E-state index in [0.717, 1.165) is 77.9 Å². The van der Waals surface area contributed by atoms with E-state index in [1.165, 1.54) is 19.3 Å². The number of rotatable bonds is 3. The second-order valence-electron chi connectivity index (χ2n) is 9.11. The van der Waals surface area contributed by atoms with Crippen molar-refractivity contribution < 1.29 is 14.3 Å². The number of nitrogens with one attached hydrogen (secondary N) is 1. The molecule has 152 valence electrons. The van der Waals surface area contributed by atoms with Gasteiger partial charge < -0.3 is 19.9 Å². The molecule has 0 aromatic heterocycles. The lowest BCUT2D eigenvalue weighted by atomic mass is 9.72. The number of ether oxygens (including phenoxy) is 1. The van der Waals surface area contributed by atoms with Gasteiger partial charge in [-0.3, -0.25) is 4.79 Å². The first-order valence-electron chi connectivity index (χ1n) is 11.1. The Hall–Kier alpha value is -1.30. The summed E-state index contributed by atoms with van der Waals surface area (Å²) in [5.74, 6) is 0.947. The highest BCUT2D eigenvalue weighted by Gasteiger charge is 2.49. The normalized spacial score (nSPS) is 28.7. The average molecular weight is 378 g/mol. The van der Waals surface area contributed by atoms with Crippen molar-refractivity contribution in [1.82, 2.24) is 15.1 Å². The van der Waals surface area contributed by atoms with Gasteiger partial charge in [0.2, 0.25) is 5.91 Å². The van der Waals surface area contributed by atoms with E-state index < -0.39 is 0 Å². The van der Waals surface area contributed by atoms with Gasteiger partial charge in [0.1, 0.15) is 0 Å². The Morgan fingerprint density at radius 1 is 0.963 bits per heavy atom. The standard InChI is InChI=1S/C21H35N3O3/c25-19(17-6-2-1-3-7-17)24-15-18(21(16-24)8-12-27-13-9-21)14-22-20(26)23-10-4-5-11-23/h17-18H,1-16H2,(H,22,26). The maximum Gasteiger partial charge on any atom is 0.317 e. The van der Waals surface area contributed by atoms with Crippen LogP contribution in [0.15, 0.2) is 0 Å². The molecule has 3 saturated heterocycles. The molecule has 4 aliphatic rings. The molecule has 1 atom stereocenters. The monoisotopic (exact) mass is 377 g/mol. The number of amides is 3. The van der Waals surface area contributed by atoms with Gasteiger partial charge >= 0.3 is 6.03 Å². The zero-order chi connectivity index (χ0) is 18.7. The molecule has 3 heterocycles. The van der Waals surface area contributed by atoms with Crippen molar-refractivity contribution in [2.45, 2.75) is 57.8 Å². The van der Waals surface area contributed by atoms with Gasteiger partial charge in [-0.25, -0.2) is 4.79 Å². The highest BCUT2D eigenvalue weighted by molar-refractivity contribution is 5.79. The van der Waals surface area contributed by atoms with Crippen molar-refractivity contribution in [3.05, 3.63) is 0 Å². The van der Waals surface area contributed by atoms with E-state index in [1.54, 1.807) is 0 Å². The van der Waals surface area contributed by atoms with Crippen molar-refractivity contribution in [2.24, 2.45) is 17.3 Å². The number of likely N-dealkylation sites (tertiary alicyclic amines) is 2. The molecular formula is C21H35N3O3. The van der Waals surface area contributed by atoms with E-state index in [0.29, 0.717) is 18.4 Å². The second-order valence-corrected chi connectivity index (χ2v) is 9.11. The maximum absolute atomic E-state index is 13.1. The van der Waals surface area contributed by atoms with E-state index in [-0.39, 0.29) is 17.4 Å². The van der Waals surface area contributed by atoms with Crippen LogP contribution in [0, 0.1) is 17.3 Å². The number of carbonyl (C=O) groups is 2. The average Bonchev–Trinajstić information content (AvgIpc) is 3.36. The molecule has 0 aromatic carbocycles. The molecule has 3 aliphatic heterocycles. The van der Waals surface area contributed by atoms with Gasteiger partial charge in [0.25, 0.3) is 0 Å². The minimum absolute atomic E-state index is 0.0757. The van der Waals surface area contributed by atoms with Crippen LogP contribution in [-0.2, 0) is 9.53 Å². The Morgan fingerprint density at radius 3 is 2.37 bits per heavy atom. The summed E-state index contributed by atoms with van der Waals surface area (Å²) in [5.41, 5.74) is 0.126. The SMILES string of the molecule is O=C(NCC1CN(C(=O)C2CCCCC2)CC12CCOCC2)N1CCCC1. The van der Waals surface area contributed by atoms with Gasteiger partial charge in [0, 0.05) is 57.8 Å². The van der Waals surface area contributed by atoms with Crippen LogP contribution in [0.25, 0.3) is 0 Å². The Labute approximate surface area is 163 Å². The van der Waals surface area contributed by atoms with Gasteiger partial charge in [0.05, 0.1) is 0 Å². The number of hydrogen-bond donors (Lipinski definition) is 1. The molecule has 3 amide bonds. The van der Waals surface area contributed by atoms with Crippen LogP contribution in [0.1, 0.15) is 57.8 Å². The molecule has 0 radical (unpaired) electrons. The molecule has 4 rings (SSSR count). The largest absolute Gasteiger partial charge is 0.381 e. The molecule has 1 saturated carbocycles. The third-order valence-corrected chi connectivity index (χ3v) is 7.46. The van der Waals surface area contributed by atoms with Crippen LogP contribution in [0.4, 0.5) is 4.79 Å². The van der Waals surface area contributed by atoms with Crippen molar-refractivity contribution in [2.75, 3.05) is 45.9 Å². The number of hydrogen-bond acceptors (Lipinski definition) is 3. The molecular weight excluding hydrogens is 342 g/mol. The molecule has 0 bridgehead atoms. The molecule has 4 fully saturated rings. The Morgan fingerprint density at radius 2 is 1.67 bits per heavy atom. The van der Waals surface area contributed by atoms with E-state index in [2.05, 4.69) is 10.2 Å². The predicted octanol–water partition coefficient (Wildman–Crippen LogP) is 2.63. The predicted molar refractivity (Wildman–Crippen MR) is 103 cm³/mol. The van der Waals surface area contributed by atoms with E-state index in [9.17, 15) is 9.59 Å². The molecule has 1 N–H and O–H groups in total. The quantitative estimate of drug-likeness (QED) is 0.822. The molecule has 1 spiro atoms. The fourth-order valence-corrected chi connectivity index (χ4v) is 5.68. The van der Waals surface area contributed by atoms with Crippen LogP contribution in [0.2, 0.25) is 0 Å². The smallest absolute Gasteiger partial charge is 0.317 e. The first-order valence-corrected chi connectivity index (χ1v) is 11.1. The molecule has 0 aromatic rings. The van der Waals surface area contributed by atoms with E-state index in [1.807, 2.05) is 4.90 Å². The minimum Gasteiger partial charge on any atom is -0.381 e. The van der Waals surface area contributed by atoms with Gasteiger partial charge in [0.15, 0.2) is 0 Å². The van der Waals surface area contributed by atoms with Crippen LogP contribution in [0.3, 0.4) is 0 Å². The number of carbonyl (C=O) groups excluding carboxylic acids is 2. The molecule has 6 nitrogen and oxygen atoms in total. The summed E-state index contributed by atoms with van der Waals surface area (Å²) >= 11 is 0. The number of nitrogens with zero attached hydrogens (tertiary/aromatic N) is 2. The minimum atomic E-state index is 0.0757. The first-order chi connectivity index (χ1) is 13.2. The summed E-state index contributed by atoms with van der Waals surface area (Å²) in [7, 11) is 0. The van der Waals surface area contributed by atoms with E-state index in [4.69, 9.17) is 4.74 Å². The fraction of sp³-hybridized carbons (Fsp3) is 0.905. The Bertz CT molecular complexity index is 535. The van der Waals surface area contributed by atoms with Gasteiger partial charge in [-0.05, 0) is 43.9 Å². The summed E-state index contributed by atoms with van der Waals surface area (Å²) < 4.78 is 5.62. The van der Waals surface area contributed by atoms with Crippen LogP contribution < -0.4 is 5.32 Å². The number of urea groups is 1. The lowest BCUT2D eigenvalue weighted by Gasteiger charge is -2.38. The molecule has 27 heavy (non-hydrogen) atoms. The lowest BCUT2D eigenvalue weighted by Crippen LogP contribution is -2.45. The Kier molecular flexibility index (Phi) is 5.90. The Balaban J connectivity index is 1.40. The zero-order valence-corrected chi connectivity index (χ0v) is 16.6. The fourth-order valence-electron chi connectivity index (χ4n) is 5.68. The summed E-state index contributed by atoms with van der Waals surface area (Å²) in [6, 6.07) is 0.0757. The molecule has 6 heteroatoms. The highest BCUT2D eigenvalue weighted by atomic mass is 16.5. The topological polar surface area (TPSA) is 61.9 Å². The van der Waals surface area contributed by atoms with Crippen molar-refractivity contribution in [3.8, 4) is 0 Å². The van der Waals surface area contributed by atoms with E-state index >= 15 is 0 Å². The van der Waals surface area contributed by atoms with Crippen LogP contribution in [0.5, 0.6) is 0 Å². The van der Waals surface area contributed by atoms with Gasteiger partial charge in [-0.1, -0.05) is 19.3 Å². The maximum atomic E-state index is 13.1. The zero-order valence-electron chi connectivity index (χ0n) is 16.6. The molecule has 1 unspecified atom stereocenters. The molecule has 1 aliphatic carbocycles. The third kappa shape index (κ3) is 4.10. The lowest BCUT2D eigenvalue weighted by molar-refractivity contribution is -0.136. The highest BCUT2D eigenvalue weighted by Crippen LogP contribution is 2.45. The summed E-state index contributed by atoms with van der Waals surface area (Å²) in [6.07, 6.45) is 10.0. The van der Waals surface area contributed by atoms with Crippen LogP contribution >= 0.6 is 0 Å². The summed E-state index contributed by atoms with van der Waals surface area (Å²) in [4.78, 5) is 29.6. The van der Waals surface area contributed by atoms with Crippen molar-refractivity contribution in [1.29, 1.82) is 0 Å². The van der Waals surface area contributed by atoms with Crippen molar-refractivity contribution in [3.63, 3.8) is 0 Å².